The third kappa shape index (κ3) is 7.02. The molecule has 0 heterocycles. The van der Waals surface area contributed by atoms with Crippen LogP contribution in [0, 0.1) is 11.8 Å². The highest BCUT2D eigenvalue weighted by Gasteiger charge is 2.22. The van der Waals surface area contributed by atoms with Crippen molar-refractivity contribution in [2.45, 2.75) is 59.7 Å². The molecule has 0 aliphatic rings. The third-order valence-corrected chi connectivity index (χ3v) is 2.92. The number of aliphatic hydroxyl groups is 1. The summed E-state index contributed by atoms with van der Waals surface area (Å²) in [4.78, 5) is 0. The third-order valence-electron chi connectivity index (χ3n) is 2.92. The van der Waals surface area contributed by atoms with Crippen LogP contribution in [-0.4, -0.2) is 23.4 Å². The highest BCUT2D eigenvalue weighted by molar-refractivity contribution is 4.86. The second-order valence-electron chi connectivity index (χ2n) is 5.49. The van der Waals surface area contributed by atoms with Gasteiger partial charge in [-0.25, -0.2) is 0 Å². The number of hydrogen-bond donors (Lipinski definition) is 1. The van der Waals surface area contributed by atoms with E-state index >= 15 is 0 Å². The van der Waals surface area contributed by atoms with Crippen molar-refractivity contribution in [2.75, 3.05) is 6.61 Å². The Morgan fingerprint density at radius 1 is 1.25 bits per heavy atom. The van der Waals surface area contributed by atoms with Crippen molar-refractivity contribution in [3.8, 4) is 0 Å². The Kier molecular flexibility index (Phi) is 6.93. The zero-order valence-electron chi connectivity index (χ0n) is 11.7. The monoisotopic (exact) mass is 228 g/mol. The van der Waals surface area contributed by atoms with Crippen molar-refractivity contribution in [3.05, 3.63) is 12.2 Å². The molecule has 0 radical (unpaired) electrons. The molecule has 2 heteroatoms. The minimum Gasteiger partial charge on any atom is -0.393 e. The molecule has 0 spiro atoms. The Balaban J connectivity index is 4.03. The first kappa shape index (κ1) is 15.7. The SMILES string of the molecule is CC=CC(C)C(C)COC(C)(C)CC(C)O. The van der Waals surface area contributed by atoms with Crippen molar-refractivity contribution in [1.29, 1.82) is 0 Å². The Morgan fingerprint density at radius 3 is 2.25 bits per heavy atom. The quantitative estimate of drug-likeness (QED) is 0.677. The smallest absolute Gasteiger partial charge is 0.0651 e. The van der Waals surface area contributed by atoms with Crippen LogP contribution in [0.5, 0.6) is 0 Å². The second-order valence-corrected chi connectivity index (χ2v) is 5.49. The summed E-state index contributed by atoms with van der Waals surface area (Å²) in [6.45, 7) is 13.1. The van der Waals surface area contributed by atoms with Gasteiger partial charge < -0.3 is 9.84 Å². The fourth-order valence-corrected chi connectivity index (χ4v) is 1.77. The molecular formula is C14H28O2. The van der Waals surface area contributed by atoms with Gasteiger partial charge in [-0.2, -0.15) is 0 Å². The fraction of sp³-hybridized carbons (Fsp3) is 0.857. The maximum absolute atomic E-state index is 9.36. The van der Waals surface area contributed by atoms with Gasteiger partial charge in [0.1, 0.15) is 0 Å². The van der Waals surface area contributed by atoms with E-state index < -0.39 is 0 Å². The summed E-state index contributed by atoms with van der Waals surface area (Å²) in [7, 11) is 0. The normalized spacial score (nSPS) is 18.7. The largest absolute Gasteiger partial charge is 0.393 e. The average Bonchev–Trinajstić information content (AvgIpc) is 2.12. The number of ether oxygens (including phenoxy) is 1. The summed E-state index contributed by atoms with van der Waals surface area (Å²) in [6.07, 6.45) is 4.66. The van der Waals surface area contributed by atoms with Gasteiger partial charge in [-0.15, -0.1) is 0 Å². The molecule has 16 heavy (non-hydrogen) atoms. The summed E-state index contributed by atoms with van der Waals surface area (Å²) in [5.74, 6) is 1.04. The van der Waals surface area contributed by atoms with E-state index in [1.807, 2.05) is 20.8 Å². The Bertz CT molecular complexity index is 207. The molecule has 0 rings (SSSR count). The Labute approximate surface area is 101 Å². The van der Waals surface area contributed by atoms with Crippen molar-refractivity contribution >= 4 is 0 Å². The number of rotatable bonds is 7. The van der Waals surface area contributed by atoms with Gasteiger partial charge in [-0.3, -0.25) is 0 Å². The minimum atomic E-state index is -0.307. The summed E-state index contributed by atoms with van der Waals surface area (Å²) < 4.78 is 5.88. The minimum absolute atomic E-state index is 0.238. The number of hydrogen-bond acceptors (Lipinski definition) is 2. The van der Waals surface area contributed by atoms with E-state index in [4.69, 9.17) is 4.74 Å². The molecule has 0 aliphatic heterocycles. The van der Waals surface area contributed by atoms with Gasteiger partial charge in [0.05, 0.1) is 18.3 Å². The van der Waals surface area contributed by atoms with Crippen LogP contribution in [-0.2, 0) is 4.74 Å². The van der Waals surface area contributed by atoms with Gasteiger partial charge in [-0.05, 0) is 39.5 Å². The lowest BCUT2D eigenvalue weighted by Gasteiger charge is -2.29. The molecule has 2 nitrogen and oxygen atoms in total. The second kappa shape index (κ2) is 7.08. The van der Waals surface area contributed by atoms with Crippen LogP contribution < -0.4 is 0 Å². The van der Waals surface area contributed by atoms with Crippen molar-refractivity contribution in [3.63, 3.8) is 0 Å². The van der Waals surface area contributed by atoms with Crippen molar-refractivity contribution in [1.82, 2.24) is 0 Å². The van der Waals surface area contributed by atoms with E-state index in [1.54, 1.807) is 6.92 Å². The van der Waals surface area contributed by atoms with Crippen molar-refractivity contribution < 1.29 is 9.84 Å². The molecule has 0 fully saturated rings. The van der Waals surface area contributed by atoms with Crippen LogP contribution in [0.15, 0.2) is 12.2 Å². The summed E-state index contributed by atoms with van der Waals surface area (Å²) >= 11 is 0. The van der Waals surface area contributed by atoms with E-state index in [0.29, 0.717) is 18.3 Å². The van der Waals surface area contributed by atoms with Crippen LogP contribution in [0.4, 0.5) is 0 Å². The fourth-order valence-electron chi connectivity index (χ4n) is 1.77. The molecular weight excluding hydrogens is 200 g/mol. The maximum atomic E-state index is 9.36. The molecule has 0 saturated heterocycles. The predicted molar refractivity (Wildman–Crippen MR) is 69.5 cm³/mol. The molecule has 0 saturated carbocycles. The lowest BCUT2D eigenvalue weighted by molar-refractivity contribution is -0.0616. The number of aliphatic hydroxyl groups excluding tert-OH is 1. The van der Waals surface area contributed by atoms with Gasteiger partial charge in [-0.1, -0.05) is 26.0 Å². The van der Waals surface area contributed by atoms with Gasteiger partial charge >= 0.3 is 0 Å². The van der Waals surface area contributed by atoms with Crippen molar-refractivity contribution in [2.24, 2.45) is 11.8 Å². The predicted octanol–water partition coefficient (Wildman–Crippen LogP) is 3.40. The van der Waals surface area contributed by atoms with E-state index in [1.165, 1.54) is 0 Å². The van der Waals surface area contributed by atoms with Gasteiger partial charge in [0, 0.05) is 6.42 Å². The highest BCUT2D eigenvalue weighted by Crippen LogP contribution is 2.21. The maximum Gasteiger partial charge on any atom is 0.0651 e. The molecule has 0 aromatic rings. The first-order chi connectivity index (χ1) is 7.28. The zero-order chi connectivity index (χ0) is 12.8. The van der Waals surface area contributed by atoms with E-state index in [-0.39, 0.29) is 11.7 Å². The molecule has 3 atom stereocenters. The Hall–Kier alpha value is -0.340. The van der Waals surface area contributed by atoms with Crippen LogP contribution >= 0.6 is 0 Å². The van der Waals surface area contributed by atoms with E-state index in [9.17, 15) is 5.11 Å². The van der Waals surface area contributed by atoms with Crippen LogP contribution in [0.1, 0.15) is 48.0 Å². The van der Waals surface area contributed by atoms with Crippen LogP contribution in [0.25, 0.3) is 0 Å². The number of allylic oxidation sites excluding steroid dienone is 2. The first-order valence-electron chi connectivity index (χ1n) is 6.23. The van der Waals surface area contributed by atoms with Crippen LogP contribution in [0.3, 0.4) is 0 Å². The summed E-state index contributed by atoms with van der Waals surface area (Å²) in [6, 6.07) is 0. The highest BCUT2D eigenvalue weighted by atomic mass is 16.5. The molecule has 0 amide bonds. The molecule has 0 aromatic carbocycles. The zero-order valence-corrected chi connectivity index (χ0v) is 11.7. The van der Waals surface area contributed by atoms with E-state index in [0.717, 1.165) is 6.61 Å². The molecule has 0 bridgehead atoms. The summed E-state index contributed by atoms with van der Waals surface area (Å²) in [5.41, 5.74) is -0.238. The Morgan fingerprint density at radius 2 is 1.81 bits per heavy atom. The average molecular weight is 228 g/mol. The lowest BCUT2D eigenvalue weighted by atomic mass is 9.95. The topological polar surface area (TPSA) is 29.5 Å². The van der Waals surface area contributed by atoms with Gasteiger partial charge in [0.25, 0.3) is 0 Å². The molecule has 96 valence electrons. The standard InChI is InChI=1S/C14H28O2/c1-7-8-11(2)12(3)10-16-14(5,6)9-13(4)15/h7-8,11-13,15H,9-10H2,1-6H3. The van der Waals surface area contributed by atoms with Crippen LogP contribution in [0.2, 0.25) is 0 Å². The summed E-state index contributed by atoms with van der Waals surface area (Å²) in [5, 5.41) is 9.36. The van der Waals surface area contributed by atoms with E-state index in [2.05, 4.69) is 26.0 Å². The first-order valence-corrected chi connectivity index (χ1v) is 6.23. The lowest BCUT2D eigenvalue weighted by Crippen LogP contribution is -2.31. The molecule has 0 aliphatic carbocycles. The molecule has 0 aromatic heterocycles. The molecule has 1 N–H and O–H groups in total. The molecule has 3 unspecified atom stereocenters. The van der Waals surface area contributed by atoms with Gasteiger partial charge in [0.2, 0.25) is 0 Å². The van der Waals surface area contributed by atoms with Gasteiger partial charge in [0.15, 0.2) is 0 Å².